The summed E-state index contributed by atoms with van der Waals surface area (Å²) in [5.74, 6) is 0.889. The Hall–Kier alpha value is -0.260. The average molecular weight is 196 g/mol. The topological polar surface area (TPSA) is 0 Å². The summed E-state index contributed by atoms with van der Waals surface area (Å²) in [5.41, 5.74) is 1.55. The SMILES string of the molecule is CC=C(C)CCCCCCCC(C)C. The normalized spacial score (nSPS) is 12.5. The quantitative estimate of drug-likeness (QED) is 0.363. The van der Waals surface area contributed by atoms with Crippen molar-refractivity contribution in [3.05, 3.63) is 11.6 Å². The van der Waals surface area contributed by atoms with Crippen LogP contribution in [0.3, 0.4) is 0 Å². The van der Waals surface area contributed by atoms with Gasteiger partial charge in [-0.2, -0.15) is 0 Å². The molecule has 0 atom stereocenters. The first kappa shape index (κ1) is 13.7. The molecule has 14 heavy (non-hydrogen) atoms. The first-order valence-corrected chi connectivity index (χ1v) is 6.28. The lowest BCUT2D eigenvalue weighted by Crippen LogP contribution is -1.87. The minimum atomic E-state index is 0.889. The molecule has 0 nitrogen and oxygen atoms in total. The van der Waals surface area contributed by atoms with Gasteiger partial charge in [-0.15, -0.1) is 0 Å². The summed E-state index contributed by atoms with van der Waals surface area (Å²) in [5, 5.41) is 0. The van der Waals surface area contributed by atoms with E-state index in [-0.39, 0.29) is 0 Å². The van der Waals surface area contributed by atoms with E-state index < -0.39 is 0 Å². The maximum atomic E-state index is 2.31. The molecule has 0 heteroatoms. The van der Waals surface area contributed by atoms with E-state index in [0.29, 0.717) is 0 Å². The van der Waals surface area contributed by atoms with Gasteiger partial charge in [0.1, 0.15) is 0 Å². The lowest BCUT2D eigenvalue weighted by Gasteiger charge is -2.04. The minimum Gasteiger partial charge on any atom is -0.0887 e. The predicted molar refractivity (Wildman–Crippen MR) is 66.6 cm³/mol. The molecule has 0 N–H and O–H groups in total. The highest BCUT2D eigenvalue weighted by molar-refractivity contribution is 4.94. The Balaban J connectivity index is 3.07. The minimum absolute atomic E-state index is 0.889. The van der Waals surface area contributed by atoms with Crippen LogP contribution in [0.25, 0.3) is 0 Å². The Bertz CT molecular complexity index is 142. The van der Waals surface area contributed by atoms with Gasteiger partial charge in [0.05, 0.1) is 0 Å². The summed E-state index contributed by atoms with van der Waals surface area (Å²) in [6.45, 7) is 9.00. The molecule has 0 aliphatic rings. The van der Waals surface area contributed by atoms with Gasteiger partial charge in [0, 0.05) is 0 Å². The van der Waals surface area contributed by atoms with E-state index >= 15 is 0 Å². The van der Waals surface area contributed by atoms with E-state index in [1.165, 1.54) is 44.9 Å². The largest absolute Gasteiger partial charge is 0.0887 e. The summed E-state index contributed by atoms with van der Waals surface area (Å²) in [6, 6.07) is 0. The first-order chi connectivity index (χ1) is 6.66. The molecule has 0 saturated heterocycles. The second-order valence-corrected chi connectivity index (χ2v) is 4.84. The zero-order valence-electron chi connectivity index (χ0n) is 10.6. The van der Waals surface area contributed by atoms with Gasteiger partial charge >= 0.3 is 0 Å². The third-order valence-corrected chi connectivity index (χ3v) is 2.85. The number of unbranched alkanes of at least 4 members (excludes halogenated alkanes) is 4. The fourth-order valence-electron chi connectivity index (χ4n) is 1.63. The molecule has 0 bridgehead atoms. The average Bonchev–Trinajstić information content (AvgIpc) is 2.15. The van der Waals surface area contributed by atoms with Crippen LogP contribution in [0.2, 0.25) is 0 Å². The van der Waals surface area contributed by atoms with E-state index in [1.807, 2.05) is 0 Å². The maximum Gasteiger partial charge on any atom is -0.0323 e. The van der Waals surface area contributed by atoms with Crippen LogP contribution < -0.4 is 0 Å². The Labute approximate surface area is 90.8 Å². The van der Waals surface area contributed by atoms with E-state index in [0.717, 1.165) is 5.92 Å². The van der Waals surface area contributed by atoms with Crippen molar-refractivity contribution in [3.8, 4) is 0 Å². The Kier molecular flexibility index (Phi) is 9.13. The molecule has 0 fully saturated rings. The molecule has 0 aromatic rings. The van der Waals surface area contributed by atoms with E-state index in [4.69, 9.17) is 0 Å². The van der Waals surface area contributed by atoms with Gasteiger partial charge < -0.3 is 0 Å². The van der Waals surface area contributed by atoms with Crippen molar-refractivity contribution in [2.24, 2.45) is 5.92 Å². The molecule has 0 rings (SSSR count). The molecular weight excluding hydrogens is 168 g/mol. The number of hydrogen-bond acceptors (Lipinski definition) is 0. The van der Waals surface area contributed by atoms with Crippen LogP contribution in [0.1, 0.15) is 72.6 Å². The third kappa shape index (κ3) is 9.83. The lowest BCUT2D eigenvalue weighted by atomic mass is 10.0. The van der Waals surface area contributed by atoms with Gasteiger partial charge in [-0.3, -0.25) is 0 Å². The van der Waals surface area contributed by atoms with E-state index in [9.17, 15) is 0 Å². The maximum absolute atomic E-state index is 2.31. The van der Waals surface area contributed by atoms with E-state index in [2.05, 4.69) is 33.8 Å². The van der Waals surface area contributed by atoms with E-state index in [1.54, 1.807) is 5.57 Å². The van der Waals surface area contributed by atoms with Gasteiger partial charge in [-0.25, -0.2) is 0 Å². The van der Waals surface area contributed by atoms with Gasteiger partial charge in [0.25, 0.3) is 0 Å². The van der Waals surface area contributed by atoms with Crippen LogP contribution in [0.5, 0.6) is 0 Å². The second-order valence-electron chi connectivity index (χ2n) is 4.84. The Morgan fingerprint density at radius 2 is 1.57 bits per heavy atom. The van der Waals surface area contributed by atoms with Gasteiger partial charge in [0.15, 0.2) is 0 Å². The molecule has 0 aromatic heterocycles. The Morgan fingerprint density at radius 3 is 2.14 bits per heavy atom. The van der Waals surface area contributed by atoms with Crippen LogP contribution >= 0.6 is 0 Å². The first-order valence-electron chi connectivity index (χ1n) is 6.28. The summed E-state index contributed by atoms with van der Waals surface area (Å²) in [4.78, 5) is 0. The molecule has 0 unspecified atom stereocenters. The second kappa shape index (κ2) is 9.30. The van der Waals surface area contributed by atoms with Crippen molar-refractivity contribution in [3.63, 3.8) is 0 Å². The highest BCUT2D eigenvalue weighted by Gasteiger charge is 1.94. The van der Waals surface area contributed by atoms with Crippen LogP contribution in [-0.4, -0.2) is 0 Å². The highest BCUT2D eigenvalue weighted by Crippen LogP contribution is 2.13. The fraction of sp³-hybridized carbons (Fsp3) is 0.857. The zero-order valence-corrected chi connectivity index (χ0v) is 10.6. The van der Waals surface area contributed by atoms with Crippen molar-refractivity contribution >= 4 is 0 Å². The summed E-state index contributed by atoms with van der Waals surface area (Å²) >= 11 is 0. The lowest BCUT2D eigenvalue weighted by molar-refractivity contribution is 0.515. The molecule has 0 aliphatic carbocycles. The number of allylic oxidation sites excluding steroid dienone is 2. The van der Waals surface area contributed by atoms with Gasteiger partial charge in [-0.05, 0) is 32.6 Å². The van der Waals surface area contributed by atoms with Crippen LogP contribution in [-0.2, 0) is 0 Å². The summed E-state index contributed by atoms with van der Waals surface area (Å²) in [6.07, 6.45) is 12.1. The summed E-state index contributed by atoms with van der Waals surface area (Å²) in [7, 11) is 0. The number of hydrogen-bond donors (Lipinski definition) is 0. The van der Waals surface area contributed by atoms with Gasteiger partial charge in [0.2, 0.25) is 0 Å². The van der Waals surface area contributed by atoms with Crippen LogP contribution in [0.15, 0.2) is 11.6 Å². The smallest absolute Gasteiger partial charge is 0.0323 e. The van der Waals surface area contributed by atoms with Gasteiger partial charge in [-0.1, -0.05) is 57.6 Å². The Morgan fingerprint density at radius 1 is 1.00 bits per heavy atom. The fourth-order valence-corrected chi connectivity index (χ4v) is 1.63. The van der Waals surface area contributed by atoms with Crippen LogP contribution in [0, 0.1) is 5.92 Å². The molecule has 0 aliphatic heterocycles. The van der Waals surface area contributed by atoms with Crippen molar-refractivity contribution in [2.75, 3.05) is 0 Å². The summed E-state index contributed by atoms with van der Waals surface area (Å²) < 4.78 is 0. The monoisotopic (exact) mass is 196 g/mol. The third-order valence-electron chi connectivity index (χ3n) is 2.85. The molecule has 0 amide bonds. The zero-order chi connectivity index (χ0) is 10.8. The molecular formula is C14H28. The highest BCUT2D eigenvalue weighted by atomic mass is 14.0. The molecule has 0 saturated carbocycles. The predicted octanol–water partition coefficient (Wildman–Crippen LogP) is 5.34. The number of rotatable bonds is 8. The van der Waals surface area contributed by atoms with Crippen LogP contribution in [0.4, 0.5) is 0 Å². The van der Waals surface area contributed by atoms with Crippen molar-refractivity contribution in [2.45, 2.75) is 72.6 Å². The van der Waals surface area contributed by atoms with Crippen molar-refractivity contribution in [1.82, 2.24) is 0 Å². The molecule has 0 heterocycles. The standard InChI is InChI=1S/C14H28/c1-5-14(4)12-10-8-6-7-9-11-13(2)3/h5,13H,6-12H2,1-4H3. The van der Waals surface area contributed by atoms with Crippen molar-refractivity contribution in [1.29, 1.82) is 0 Å². The van der Waals surface area contributed by atoms with Crippen molar-refractivity contribution < 1.29 is 0 Å². The molecule has 0 aromatic carbocycles. The molecule has 0 radical (unpaired) electrons. The molecule has 0 spiro atoms. The molecule has 84 valence electrons.